The minimum atomic E-state index is -0.0931. The summed E-state index contributed by atoms with van der Waals surface area (Å²) < 4.78 is 5.05. The van der Waals surface area contributed by atoms with Gasteiger partial charge in [0.25, 0.3) is 0 Å². The average molecular weight is 224 g/mol. The van der Waals surface area contributed by atoms with E-state index in [0.29, 0.717) is 17.1 Å². The molecule has 0 saturated carbocycles. The second-order valence-corrected chi connectivity index (χ2v) is 3.68. The molecule has 0 saturated heterocycles. The first-order valence-corrected chi connectivity index (χ1v) is 4.95. The van der Waals surface area contributed by atoms with E-state index in [2.05, 4.69) is 5.16 Å². The summed E-state index contributed by atoms with van der Waals surface area (Å²) >= 11 is 5.77. The molecule has 15 heavy (non-hydrogen) atoms. The molecule has 0 atom stereocenters. The lowest BCUT2D eigenvalue weighted by Crippen LogP contribution is -1.84. The summed E-state index contributed by atoms with van der Waals surface area (Å²) in [6.45, 7) is -0.0931. The SMILES string of the molecule is OCc1cc(Cc2ccc(Cl)cc2)on1. The van der Waals surface area contributed by atoms with E-state index in [1.807, 2.05) is 24.3 Å². The van der Waals surface area contributed by atoms with Gasteiger partial charge in [-0.3, -0.25) is 0 Å². The average Bonchev–Trinajstić information content (AvgIpc) is 2.69. The molecule has 2 aromatic rings. The lowest BCUT2D eigenvalue weighted by Gasteiger charge is -1.96. The van der Waals surface area contributed by atoms with Crippen LogP contribution in [0.4, 0.5) is 0 Å². The van der Waals surface area contributed by atoms with Crippen molar-refractivity contribution in [3.8, 4) is 0 Å². The largest absolute Gasteiger partial charge is 0.390 e. The van der Waals surface area contributed by atoms with Crippen molar-refractivity contribution in [2.45, 2.75) is 13.0 Å². The predicted molar refractivity (Wildman–Crippen MR) is 56.7 cm³/mol. The minimum Gasteiger partial charge on any atom is -0.390 e. The van der Waals surface area contributed by atoms with Crippen LogP contribution >= 0.6 is 11.6 Å². The zero-order chi connectivity index (χ0) is 10.7. The number of halogens is 1. The lowest BCUT2D eigenvalue weighted by molar-refractivity contribution is 0.265. The third kappa shape index (κ3) is 2.58. The Labute approximate surface area is 92.3 Å². The van der Waals surface area contributed by atoms with E-state index in [0.717, 1.165) is 11.3 Å². The number of benzene rings is 1. The normalized spacial score (nSPS) is 10.5. The smallest absolute Gasteiger partial charge is 0.141 e. The zero-order valence-electron chi connectivity index (χ0n) is 7.98. The van der Waals surface area contributed by atoms with E-state index < -0.39 is 0 Å². The molecule has 1 aromatic carbocycles. The standard InChI is InChI=1S/C11H10ClNO2/c12-9-3-1-8(2-4-9)5-11-6-10(7-14)13-15-11/h1-4,6,14H,5,7H2. The van der Waals surface area contributed by atoms with Gasteiger partial charge >= 0.3 is 0 Å². The quantitative estimate of drug-likeness (QED) is 0.869. The number of hydrogen-bond acceptors (Lipinski definition) is 3. The van der Waals surface area contributed by atoms with Crippen molar-refractivity contribution in [1.82, 2.24) is 5.16 Å². The molecule has 78 valence electrons. The number of aliphatic hydroxyl groups is 1. The van der Waals surface area contributed by atoms with Crippen LogP contribution < -0.4 is 0 Å². The van der Waals surface area contributed by atoms with Gasteiger partial charge < -0.3 is 9.63 Å². The fourth-order valence-electron chi connectivity index (χ4n) is 1.32. The van der Waals surface area contributed by atoms with Gasteiger partial charge in [-0.25, -0.2) is 0 Å². The van der Waals surface area contributed by atoms with E-state index in [1.54, 1.807) is 6.07 Å². The maximum atomic E-state index is 8.81. The molecule has 0 radical (unpaired) electrons. The molecule has 4 heteroatoms. The van der Waals surface area contributed by atoms with Crippen LogP contribution in [0.25, 0.3) is 0 Å². The molecule has 0 aliphatic carbocycles. The van der Waals surface area contributed by atoms with Crippen LogP contribution in [0.1, 0.15) is 17.0 Å². The maximum absolute atomic E-state index is 8.81. The summed E-state index contributed by atoms with van der Waals surface area (Å²) in [7, 11) is 0. The first-order valence-electron chi connectivity index (χ1n) is 4.57. The second kappa shape index (κ2) is 4.47. The van der Waals surface area contributed by atoms with Crippen molar-refractivity contribution in [3.05, 3.63) is 52.4 Å². The molecule has 1 heterocycles. The van der Waals surface area contributed by atoms with E-state index >= 15 is 0 Å². The highest BCUT2D eigenvalue weighted by molar-refractivity contribution is 6.30. The van der Waals surface area contributed by atoms with Crippen LogP contribution in [0.2, 0.25) is 5.02 Å². The maximum Gasteiger partial charge on any atom is 0.141 e. The number of aromatic nitrogens is 1. The summed E-state index contributed by atoms with van der Waals surface area (Å²) in [6.07, 6.45) is 0.657. The first-order chi connectivity index (χ1) is 7.28. The van der Waals surface area contributed by atoms with Gasteiger partial charge in [0.1, 0.15) is 11.5 Å². The highest BCUT2D eigenvalue weighted by Crippen LogP contribution is 2.14. The number of hydrogen-bond donors (Lipinski definition) is 1. The van der Waals surface area contributed by atoms with Crippen LogP contribution in [-0.2, 0) is 13.0 Å². The van der Waals surface area contributed by atoms with Gasteiger partial charge in [-0.2, -0.15) is 0 Å². The Hall–Kier alpha value is -1.32. The molecule has 0 unspecified atom stereocenters. The molecule has 1 aromatic heterocycles. The fraction of sp³-hybridized carbons (Fsp3) is 0.182. The number of rotatable bonds is 3. The van der Waals surface area contributed by atoms with Crippen molar-refractivity contribution in [3.63, 3.8) is 0 Å². The van der Waals surface area contributed by atoms with E-state index in [-0.39, 0.29) is 6.61 Å². The topological polar surface area (TPSA) is 46.3 Å². The van der Waals surface area contributed by atoms with Crippen molar-refractivity contribution in [2.24, 2.45) is 0 Å². The van der Waals surface area contributed by atoms with Gasteiger partial charge in [0.2, 0.25) is 0 Å². The molecular formula is C11H10ClNO2. The number of aliphatic hydroxyl groups excluding tert-OH is 1. The van der Waals surface area contributed by atoms with Crippen LogP contribution in [0.15, 0.2) is 34.9 Å². The van der Waals surface area contributed by atoms with Crippen molar-refractivity contribution in [1.29, 1.82) is 0 Å². The summed E-state index contributed by atoms with van der Waals surface area (Å²) in [5.41, 5.74) is 1.65. The lowest BCUT2D eigenvalue weighted by atomic mass is 10.1. The Morgan fingerprint density at radius 3 is 2.60 bits per heavy atom. The summed E-state index contributed by atoms with van der Waals surface area (Å²) in [5.74, 6) is 0.737. The van der Waals surface area contributed by atoms with Crippen LogP contribution in [0, 0.1) is 0 Å². The first kappa shape index (κ1) is 10.2. The van der Waals surface area contributed by atoms with E-state index in [1.165, 1.54) is 0 Å². The molecule has 0 spiro atoms. The van der Waals surface area contributed by atoms with Crippen LogP contribution in [0.5, 0.6) is 0 Å². The second-order valence-electron chi connectivity index (χ2n) is 3.25. The van der Waals surface area contributed by atoms with E-state index in [4.69, 9.17) is 21.2 Å². The van der Waals surface area contributed by atoms with Crippen molar-refractivity contribution in [2.75, 3.05) is 0 Å². The zero-order valence-corrected chi connectivity index (χ0v) is 8.74. The third-order valence-corrected chi connectivity index (χ3v) is 2.31. The van der Waals surface area contributed by atoms with Gasteiger partial charge in [-0.05, 0) is 17.7 Å². The Morgan fingerprint density at radius 2 is 2.00 bits per heavy atom. The molecule has 0 aliphatic heterocycles. The van der Waals surface area contributed by atoms with Gasteiger partial charge in [-0.1, -0.05) is 28.9 Å². The molecule has 0 aliphatic rings. The molecule has 0 amide bonds. The van der Waals surface area contributed by atoms with Crippen molar-refractivity contribution < 1.29 is 9.63 Å². The highest BCUT2D eigenvalue weighted by atomic mass is 35.5. The minimum absolute atomic E-state index is 0.0931. The summed E-state index contributed by atoms with van der Waals surface area (Å²) in [4.78, 5) is 0. The van der Waals surface area contributed by atoms with E-state index in [9.17, 15) is 0 Å². The summed E-state index contributed by atoms with van der Waals surface area (Å²) in [5, 5.41) is 13.2. The number of nitrogens with zero attached hydrogens (tertiary/aromatic N) is 1. The Balaban J connectivity index is 2.11. The summed E-state index contributed by atoms with van der Waals surface area (Å²) in [6, 6.07) is 9.28. The third-order valence-electron chi connectivity index (χ3n) is 2.06. The molecule has 1 N–H and O–H groups in total. The molecule has 0 bridgehead atoms. The van der Waals surface area contributed by atoms with Crippen LogP contribution in [-0.4, -0.2) is 10.3 Å². The highest BCUT2D eigenvalue weighted by Gasteiger charge is 2.04. The Morgan fingerprint density at radius 1 is 1.27 bits per heavy atom. The monoisotopic (exact) mass is 223 g/mol. The fourth-order valence-corrected chi connectivity index (χ4v) is 1.44. The molecular weight excluding hydrogens is 214 g/mol. The van der Waals surface area contributed by atoms with Gasteiger partial charge in [0.05, 0.1) is 6.61 Å². The van der Waals surface area contributed by atoms with Gasteiger partial charge in [0, 0.05) is 17.5 Å². The Kier molecular flexibility index (Phi) is 3.04. The van der Waals surface area contributed by atoms with Gasteiger partial charge in [-0.15, -0.1) is 0 Å². The Bertz CT molecular complexity index is 436. The van der Waals surface area contributed by atoms with Gasteiger partial charge in [0.15, 0.2) is 0 Å². The van der Waals surface area contributed by atoms with Crippen molar-refractivity contribution >= 4 is 11.6 Å². The van der Waals surface area contributed by atoms with Crippen LogP contribution in [0.3, 0.4) is 0 Å². The predicted octanol–water partition coefficient (Wildman–Crippen LogP) is 2.41. The molecule has 2 rings (SSSR count). The molecule has 3 nitrogen and oxygen atoms in total. The molecule has 0 fully saturated rings.